The highest BCUT2D eigenvalue weighted by molar-refractivity contribution is 7.27. The second kappa shape index (κ2) is 14.8. The Kier molecular flexibility index (Phi) is 13.4. The predicted octanol–water partition coefficient (Wildman–Crippen LogP) is 7.56. The molecule has 0 fully saturated rings. The molecule has 0 amide bonds. The third-order valence-corrected chi connectivity index (χ3v) is 5.97. The molecule has 144 valence electrons. The molecule has 0 N–H and O–H groups in total. The molecule has 1 aromatic rings. The first-order valence-corrected chi connectivity index (χ1v) is 11.7. The quantitative estimate of drug-likeness (QED) is 0.223. The molecule has 1 rings (SSSR count). The molecule has 0 heterocycles. The average molecular weight is 363 g/mol. The second-order valence-corrected chi connectivity index (χ2v) is 8.33. The third kappa shape index (κ3) is 9.23. The Labute approximate surface area is 160 Å². The molecule has 25 heavy (non-hydrogen) atoms. The van der Waals surface area contributed by atoms with Crippen LogP contribution >= 0.6 is 9.24 Å². The van der Waals surface area contributed by atoms with Gasteiger partial charge in [-0.1, -0.05) is 90.7 Å². The van der Waals surface area contributed by atoms with Crippen LogP contribution in [0.1, 0.15) is 115 Å². The monoisotopic (exact) mass is 362 g/mol. The van der Waals surface area contributed by atoms with Crippen LogP contribution in [0.2, 0.25) is 0 Å². The van der Waals surface area contributed by atoms with E-state index in [1.54, 1.807) is 16.7 Å². The maximum Gasteiger partial charge on any atom is -0.0268 e. The van der Waals surface area contributed by atoms with Crippen molar-refractivity contribution in [1.82, 2.24) is 0 Å². The highest BCUT2D eigenvalue weighted by atomic mass is 31.0. The van der Waals surface area contributed by atoms with E-state index < -0.39 is 0 Å². The minimum atomic E-state index is 1.28. The van der Waals surface area contributed by atoms with Crippen molar-refractivity contribution in [2.45, 2.75) is 117 Å². The fourth-order valence-electron chi connectivity index (χ4n) is 3.80. The summed E-state index contributed by atoms with van der Waals surface area (Å²) in [5.41, 5.74) is 5.05. The summed E-state index contributed by atoms with van der Waals surface area (Å²) in [5, 5.41) is 1.46. The molecule has 1 atom stereocenters. The molecule has 0 aliphatic carbocycles. The zero-order valence-corrected chi connectivity index (χ0v) is 18.5. The van der Waals surface area contributed by atoms with Gasteiger partial charge in [-0.25, -0.2) is 0 Å². The van der Waals surface area contributed by atoms with E-state index in [9.17, 15) is 0 Å². The van der Waals surface area contributed by atoms with Crippen LogP contribution in [0.4, 0.5) is 0 Å². The zero-order valence-electron chi connectivity index (χ0n) is 17.3. The molecule has 0 aliphatic rings. The Morgan fingerprint density at radius 2 is 1.04 bits per heavy atom. The number of hydrogen-bond acceptors (Lipinski definition) is 0. The molecule has 1 aromatic carbocycles. The van der Waals surface area contributed by atoms with Crippen molar-refractivity contribution in [2.24, 2.45) is 0 Å². The molecule has 0 bridgehead atoms. The summed E-state index contributed by atoms with van der Waals surface area (Å²) in [5.74, 6) is 0. The number of rotatable bonds is 15. The van der Waals surface area contributed by atoms with E-state index >= 15 is 0 Å². The summed E-state index contributed by atoms with van der Waals surface area (Å²) in [4.78, 5) is 0. The lowest BCUT2D eigenvalue weighted by molar-refractivity contribution is 0.640. The van der Waals surface area contributed by atoms with Crippen molar-refractivity contribution in [3.05, 3.63) is 28.8 Å². The molecule has 0 radical (unpaired) electrons. The van der Waals surface area contributed by atoms with Crippen LogP contribution in [0.5, 0.6) is 0 Å². The molecular formula is C24H43P. The summed E-state index contributed by atoms with van der Waals surface area (Å²) in [6.45, 7) is 6.91. The van der Waals surface area contributed by atoms with E-state index in [0.717, 1.165) is 0 Å². The molecule has 0 nitrogen and oxygen atoms in total. The Morgan fingerprint density at radius 1 is 0.560 bits per heavy atom. The first-order valence-electron chi connectivity index (χ1n) is 11.1. The van der Waals surface area contributed by atoms with Gasteiger partial charge in [0.05, 0.1) is 0 Å². The van der Waals surface area contributed by atoms with E-state index in [2.05, 4.69) is 42.1 Å². The van der Waals surface area contributed by atoms with E-state index in [0.29, 0.717) is 0 Å². The van der Waals surface area contributed by atoms with E-state index in [-0.39, 0.29) is 0 Å². The Balaban J connectivity index is 2.80. The van der Waals surface area contributed by atoms with Crippen molar-refractivity contribution in [1.29, 1.82) is 0 Å². The van der Waals surface area contributed by atoms with Gasteiger partial charge >= 0.3 is 0 Å². The summed E-state index contributed by atoms with van der Waals surface area (Å²) in [6, 6.07) is 4.80. The molecule has 0 spiro atoms. The van der Waals surface area contributed by atoms with Crippen molar-refractivity contribution in [3.8, 4) is 0 Å². The van der Waals surface area contributed by atoms with Crippen LogP contribution in [0.3, 0.4) is 0 Å². The molecule has 0 saturated heterocycles. The zero-order chi connectivity index (χ0) is 18.3. The molecule has 0 saturated carbocycles. The van der Waals surface area contributed by atoms with Crippen molar-refractivity contribution < 1.29 is 0 Å². The van der Waals surface area contributed by atoms with Crippen LogP contribution in [0.15, 0.2) is 12.1 Å². The minimum absolute atomic E-state index is 1.28. The smallest absolute Gasteiger partial charge is 0.0268 e. The number of benzene rings is 1. The number of hydrogen-bond donors (Lipinski definition) is 0. The lowest BCUT2D eigenvalue weighted by Gasteiger charge is -2.18. The average Bonchev–Trinajstić information content (AvgIpc) is 2.62. The van der Waals surface area contributed by atoms with Gasteiger partial charge in [-0.2, -0.15) is 0 Å². The molecule has 0 aromatic heterocycles. The molecule has 1 unspecified atom stereocenters. The van der Waals surface area contributed by atoms with E-state index in [1.807, 2.05) is 0 Å². The topological polar surface area (TPSA) is 0 Å². The van der Waals surface area contributed by atoms with E-state index in [1.165, 1.54) is 102 Å². The molecular weight excluding hydrogens is 319 g/mol. The van der Waals surface area contributed by atoms with Gasteiger partial charge in [-0.3, -0.25) is 0 Å². The SMILES string of the molecule is CCCCCCc1ccc(P)c(CCCCCC)c1CCCCCC. The van der Waals surface area contributed by atoms with Gasteiger partial charge in [-0.05, 0) is 60.5 Å². The van der Waals surface area contributed by atoms with Crippen molar-refractivity contribution in [3.63, 3.8) is 0 Å². The highest BCUT2D eigenvalue weighted by Crippen LogP contribution is 2.23. The maximum absolute atomic E-state index is 3.02. The van der Waals surface area contributed by atoms with Crippen LogP contribution < -0.4 is 5.30 Å². The fraction of sp³-hybridized carbons (Fsp3) is 0.750. The van der Waals surface area contributed by atoms with Gasteiger partial charge in [0.15, 0.2) is 0 Å². The standard InChI is InChI=1S/C24H43P/c1-4-7-10-13-16-21-19-20-24(25)23(18-15-12-9-6-3)22(21)17-14-11-8-5-2/h19-20H,4-18,25H2,1-3H3. The minimum Gasteiger partial charge on any atom is -0.105 e. The summed E-state index contributed by atoms with van der Waals surface area (Å²) >= 11 is 0. The predicted molar refractivity (Wildman–Crippen MR) is 119 cm³/mol. The summed E-state index contributed by atoms with van der Waals surface area (Å²) in [7, 11) is 3.02. The first kappa shape index (κ1) is 22.7. The first-order chi connectivity index (χ1) is 12.2. The van der Waals surface area contributed by atoms with Crippen LogP contribution in [0, 0.1) is 0 Å². The Morgan fingerprint density at radius 3 is 1.56 bits per heavy atom. The summed E-state index contributed by atoms with van der Waals surface area (Å²) < 4.78 is 0. The number of unbranched alkanes of at least 4 members (excludes halogenated alkanes) is 9. The van der Waals surface area contributed by atoms with Gasteiger partial charge < -0.3 is 0 Å². The van der Waals surface area contributed by atoms with Gasteiger partial charge in [0, 0.05) is 0 Å². The van der Waals surface area contributed by atoms with Crippen LogP contribution in [0.25, 0.3) is 0 Å². The third-order valence-electron chi connectivity index (χ3n) is 5.42. The maximum atomic E-state index is 3.02. The van der Waals surface area contributed by atoms with E-state index in [4.69, 9.17) is 0 Å². The molecule has 0 aliphatic heterocycles. The highest BCUT2D eigenvalue weighted by Gasteiger charge is 2.11. The van der Waals surface area contributed by atoms with Crippen LogP contribution in [-0.4, -0.2) is 0 Å². The van der Waals surface area contributed by atoms with Crippen molar-refractivity contribution in [2.75, 3.05) is 0 Å². The summed E-state index contributed by atoms with van der Waals surface area (Å²) in [6.07, 6.45) is 20.3. The van der Waals surface area contributed by atoms with Crippen molar-refractivity contribution >= 4 is 14.5 Å². The van der Waals surface area contributed by atoms with Crippen LogP contribution in [-0.2, 0) is 19.3 Å². The lowest BCUT2D eigenvalue weighted by Crippen LogP contribution is -2.11. The van der Waals surface area contributed by atoms with Gasteiger partial charge in [0.25, 0.3) is 0 Å². The largest absolute Gasteiger partial charge is 0.105 e. The Bertz CT molecular complexity index is 450. The van der Waals surface area contributed by atoms with Gasteiger partial charge in [-0.15, -0.1) is 9.24 Å². The number of aryl methyl sites for hydroxylation is 1. The van der Waals surface area contributed by atoms with Gasteiger partial charge in [0.1, 0.15) is 0 Å². The normalized spacial score (nSPS) is 11.2. The Hall–Kier alpha value is -0.350. The van der Waals surface area contributed by atoms with Gasteiger partial charge in [0.2, 0.25) is 0 Å². The molecule has 1 heteroatoms. The second-order valence-electron chi connectivity index (χ2n) is 7.70. The lowest BCUT2D eigenvalue weighted by atomic mass is 9.90. The fourth-order valence-corrected chi connectivity index (χ4v) is 4.21.